The van der Waals surface area contributed by atoms with Crippen molar-refractivity contribution in [1.29, 1.82) is 0 Å². The standard InChI is InChI=1S/C13H16BrN3/c1-9(2)13-5-6-17(16-13)11-4-3-10(8-15)12(14)7-11/h3-7,9H,8,15H2,1-2H3. The summed E-state index contributed by atoms with van der Waals surface area (Å²) in [6, 6.07) is 8.15. The molecule has 17 heavy (non-hydrogen) atoms. The van der Waals surface area contributed by atoms with Crippen molar-refractivity contribution in [2.45, 2.75) is 26.3 Å². The van der Waals surface area contributed by atoms with Crippen molar-refractivity contribution in [3.8, 4) is 5.69 Å². The van der Waals surface area contributed by atoms with Gasteiger partial charge in [0.25, 0.3) is 0 Å². The van der Waals surface area contributed by atoms with Gasteiger partial charge in [0, 0.05) is 17.2 Å². The van der Waals surface area contributed by atoms with Crippen LogP contribution in [0.25, 0.3) is 5.69 Å². The van der Waals surface area contributed by atoms with Crippen molar-refractivity contribution in [2.75, 3.05) is 0 Å². The third-order valence-electron chi connectivity index (χ3n) is 2.72. The molecular weight excluding hydrogens is 278 g/mol. The van der Waals surface area contributed by atoms with Crippen molar-refractivity contribution in [2.24, 2.45) is 5.73 Å². The van der Waals surface area contributed by atoms with Crippen molar-refractivity contribution in [3.05, 3.63) is 46.2 Å². The second-order valence-corrected chi connectivity index (χ2v) is 5.17. The maximum Gasteiger partial charge on any atom is 0.0657 e. The van der Waals surface area contributed by atoms with Crippen molar-refractivity contribution in [3.63, 3.8) is 0 Å². The van der Waals surface area contributed by atoms with E-state index in [1.807, 2.05) is 29.1 Å². The summed E-state index contributed by atoms with van der Waals surface area (Å²) in [5, 5.41) is 4.54. The molecular formula is C13H16BrN3. The summed E-state index contributed by atoms with van der Waals surface area (Å²) in [6.45, 7) is 4.82. The predicted molar refractivity (Wildman–Crippen MR) is 73.2 cm³/mol. The second kappa shape index (κ2) is 5.02. The molecule has 0 unspecified atom stereocenters. The van der Waals surface area contributed by atoms with Gasteiger partial charge in [-0.15, -0.1) is 0 Å². The molecule has 0 atom stereocenters. The minimum atomic E-state index is 0.447. The zero-order valence-corrected chi connectivity index (χ0v) is 11.6. The van der Waals surface area contributed by atoms with E-state index in [-0.39, 0.29) is 0 Å². The van der Waals surface area contributed by atoms with E-state index in [1.165, 1.54) is 0 Å². The maximum atomic E-state index is 5.63. The number of halogens is 1. The van der Waals surface area contributed by atoms with Crippen LogP contribution in [-0.4, -0.2) is 9.78 Å². The van der Waals surface area contributed by atoms with Gasteiger partial charge in [0.15, 0.2) is 0 Å². The van der Waals surface area contributed by atoms with Crippen LogP contribution in [0.15, 0.2) is 34.9 Å². The number of aromatic nitrogens is 2. The molecule has 0 saturated carbocycles. The molecule has 1 aromatic carbocycles. The molecule has 3 nitrogen and oxygen atoms in total. The zero-order chi connectivity index (χ0) is 12.4. The lowest BCUT2D eigenvalue weighted by molar-refractivity contribution is 0.768. The molecule has 2 rings (SSSR count). The third-order valence-corrected chi connectivity index (χ3v) is 3.46. The van der Waals surface area contributed by atoms with Gasteiger partial charge in [-0.2, -0.15) is 5.10 Å². The lowest BCUT2D eigenvalue weighted by atomic mass is 10.1. The first kappa shape index (κ1) is 12.3. The van der Waals surface area contributed by atoms with Gasteiger partial charge in [0.1, 0.15) is 0 Å². The molecule has 0 amide bonds. The van der Waals surface area contributed by atoms with Gasteiger partial charge in [-0.05, 0) is 29.7 Å². The summed E-state index contributed by atoms with van der Waals surface area (Å²) < 4.78 is 2.92. The quantitative estimate of drug-likeness (QED) is 0.944. The number of rotatable bonds is 3. The molecule has 0 saturated heterocycles. The first-order valence-electron chi connectivity index (χ1n) is 5.66. The van der Waals surface area contributed by atoms with Gasteiger partial charge >= 0.3 is 0 Å². The number of hydrogen-bond acceptors (Lipinski definition) is 2. The van der Waals surface area contributed by atoms with Crippen molar-refractivity contribution in [1.82, 2.24) is 9.78 Å². The zero-order valence-electron chi connectivity index (χ0n) is 10.0. The highest BCUT2D eigenvalue weighted by molar-refractivity contribution is 9.10. The number of nitrogens with zero attached hydrogens (tertiary/aromatic N) is 2. The van der Waals surface area contributed by atoms with Crippen LogP contribution in [0.3, 0.4) is 0 Å². The Labute approximate surface area is 110 Å². The van der Waals surface area contributed by atoms with Crippen LogP contribution in [0.1, 0.15) is 31.0 Å². The van der Waals surface area contributed by atoms with E-state index in [1.54, 1.807) is 0 Å². The Balaban J connectivity index is 2.36. The van der Waals surface area contributed by atoms with Crippen LogP contribution in [0, 0.1) is 0 Å². The number of hydrogen-bond donors (Lipinski definition) is 1. The second-order valence-electron chi connectivity index (χ2n) is 4.32. The summed E-state index contributed by atoms with van der Waals surface area (Å²) in [4.78, 5) is 0. The van der Waals surface area contributed by atoms with Crippen LogP contribution in [0.2, 0.25) is 0 Å². The molecule has 0 bridgehead atoms. The highest BCUT2D eigenvalue weighted by Crippen LogP contribution is 2.21. The summed E-state index contributed by atoms with van der Waals surface area (Å²) in [7, 11) is 0. The van der Waals surface area contributed by atoms with Gasteiger partial charge < -0.3 is 5.73 Å². The van der Waals surface area contributed by atoms with Crippen LogP contribution >= 0.6 is 15.9 Å². The van der Waals surface area contributed by atoms with E-state index in [9.17, 15) is 0 Å². The Morgan fingerprint density at radius 2 is 2.12 bits per heavy atom. The third kappa shape index (κ3) is 2.58. The highest BCUT2D eigenvalue weighted by Gasteiger charge is 2.06. The SMILES string of the molecule is CC(C)c1ccn(-c2ccc(CN)c(Br)c2)n1. The Hall–Kier alpha value is -1.13. The Bertz CT molecular complexity index is 517. The van der Waals surface area contributed by atoms with Gasteiger partial charge in [-0.25, -0.2) is 4.68 Å². The number of nitrogens with two attached hydrogens (primary N) is 1. The molecule has 90 valence electrons. The fourth-order valence-corrected chi connectivity index (χ4v) is 2.16. The first-order chi connectivity index (χ1) is 8.11. The normalized spacial score (nSPS) is 11.1. The largest absolute Gasteiger partial charge is 0.326 e. The van der Waals surface area contributed by atoms with E-state index < -0.39 is 0 Å². The lowest BCUT2D eigenvalue weighted by Gasteiger charge is -2.06. The first-order valence-corrected chi connectivity index (χ1v) is 6.45. The minimum absolute atomic E-state index is 0.447. The summed E-state index contributed by atoms with van der Waals surface area (Å²) in [6.07, 6.45) is 1.99. The fourth-order valence-electron chi connectivity index (χ4n) is 1.63. The minimum Gasteiger partial charge on any atom is -0.326 e. The molecule has 0 aliphatic carbocycles. The van der Waals surface area contributed by atoms with E-state index >= 15 is 0 Å². The topological polar surface area (TPSA) is 43.8 Å². The van der Waals surface area contributed by atoms with Gasteiger partial charge in [-0.1, -0.05) is 35.8 Å². The smallest absolute Gasteiger partial charge is 0.0657 e. The van der Waals surface area contributed by atoms with Gasteiger partial charge in [0.05, 0.1) is 11.4 Å². The van der Waals surface area contributed by atoms with Crippen LogP contribution < -0.4 is 5.73 Å². The van der Waals surface area contributed by atoms with E-state index in [0.29, 0.717) is 12.5 Å². The molecule has 2 aromatic rings. The van der Waals surface area contributed by atoms with Crippen LogP contribution in [0.4, 0.5) is 0 Å². The van der Waals surface area contributed by atoms with E-state index in [0.717, 1.165) is 21.4 Å². The van der Waals surface area contributed by atoms with Gasteiger partial charge in [-0.3, -0.25) is 0 Å². The molecule has 0 fully saturated rings. The average molecular weight is 294 g/mol. The molecule has 2 N–H and O–H groups in total. The van der Waals surface area contributed by atoms with Crippen LogP contribution in [-0.2, 0) is 6.54 Å². The summed E-state index contributed by atoms with van der Waals surface area (Å²) in [5.74, 6) is 0.447. The highest BCUT2D eigenvalue weighted by atomic mass is 79.9. The molecule has 0 aliphatic rings. The Kier molecular flexibility index (Phi) is 3.64. The summed E-state index contributed by atoms with van der Waals surface area (Å²) >= 11 is 3.52. The monoisotopic (exact) mass is 293 g/mol. The number of benzene rings is 1. The van der Waals surface area contributed by atoms with E-state index in [2.05, 4.69) is 40.9 Å². The lowest BCUT2D eigenvalue weighted by Crippen LogP contribution is -2.01. The molecule has 1 heterocycles. The maximum absolute atomic E-state index is 5.63. The molecule has 4 heteroatoms. The van der Waals surface area contributed by atoms with Crippen LogP contribution in [0.5, 0.6) is 0 Å². The molecule has 0 spiro atoms. The van der Waals surface area contributed by atoms with Crippen molar-refractivity contribution >= 4 is 15.9 Å². The Morgan fingerprint density at radius 1 is 1.35 bits per heavy atom. The fraction of sp³-hybridized carbons (Fsp3) is 0.308. The molecule has 0 radical (unpaired) electrons. The summed E-state index contributed by atoms with van der Waals surface area (Å²) in [5.41, 5.74) is 8.88. The average Bonchev–Trinajstić information content (AvgIpc) is 2.78. The Morgan fingerprint density at radius 3 is 2.65 bits per heavy atom. The van der Waals surface area contributed by atoms with Crippen molar-refractivity contribution < 1.29 is 0 Å². The predicted octanol–water partition coefficient (Wildman–Crippen LogP) is 3.22. The molecule has 0 aliphatic heterocycles. The van der Waals surface area contributed by atoms with Gasteiger partial charge in [0.2, 0.25) is 0 Å². The molecule has 1 aromatic heterocycles. The van der Waals surface area contributed by atoms with E-state index in [4.69, 9.17) is 5.73 Å².